The molecule has 2 aromatic rings. The minimum atomic E-state index is -1.01. The van der Waals surface area contributed by atoms with E-state index in [0.717, 1.165) is 43.9 Å². The maximum absolute atomic E-state index is 13.6. The Labute approximate surface area is 195 Å². The first kappa shape index (κ1) is 23.1. The maximum Gasteiger partial charge on any atom is 0.341 e. The summed E-state index contributed by atoms with van der Waals surface area (Å²) in [5, 5.41) is 12.2. The fourth-order valence-electron chi connectivity index (χ4n) is 4.79. The highest BCUT2D eigenvalue weighted by Crippen LogP contribution is 2.27. The van der Waals surface area contributed by atoms with Gasteiger partial charge in [0.1, 0.15) is 11.8 Å². The van der Waals surface area contributed by atoms with E-state index in [1.807, 2.05) is 30.3 Å². The van der Waals surface area contributed by atoms with E-state index in [1.54, 1.807) is 12.1 Å². The van der Waals surface area contributed by atoms with Gasteiger partial charge in [-0.05, 0) is 68.1 Å². The molecule has 1 atom stereocenters. The Morgan fingerprint density at radius 1 is 1.03 bits per heavy atom. The van der Waals surface area contributed by atoms with Gasteiger partial charge < -0.3 is 25.0 Å². The summed E-state index contributed by atoms with van der Waals surface area (Å²) in [6.07, 6.45) is 4.11. The third-order valence-corrected chi connectivity index (χ3v) is 6.65. The van der Waals surface area contributed by atoms with Gasteiger partial charge in [-0.15, -0.1) is 0 Å². The molecule has 0 radical (unpaired) electrons. The summed E-state index contributed by atoms with van der Waals surface area (Å²) in [6.45, 7) is 4.09. The Balaban J connectivity index is 1.47. The molecule has 2 aromatic carbocycles. The SMILES string of the molecule is O=C(O)COc1ccc(N2CCN(CCC3CCNCC3)C(=O)[C@H]2Cc2ccccc2)cc1. The number of carbonyl (C=O) groups is 2. The summed E-state index contributed by atoms with van der Waals surface area (Å²) >= 11 is 0. The lowest BCUT2D eigenvalue weighted by atomic mass is 9.94. The number of ether oxygens (including phenoxy) is 1. The Morgan fingerprint density at radius 2 is 1.76 bits per heavy atom. The molecular formula is C26H33N3O4. The number of hydrogen-bond acceptors (Lipinski definition) is 5. The average molecular weight is 452 g/mol. The second kappa shape index (κ2) is 11.2. The lowest BCUT2D eigenvalue weighted by molar-refractivity contribution is -0.139. The number of carbonyl (C=O) groups excluding carboxylic acids is 1. The minimum absolute atomic E-state index is 0.185. The Morgan fingerprint density at radius 3 is 2.45 bits per heavy atom. The summed E-state index contributed by atoms with van der Waals surface area (Å²) < 4.78 is 5.26. The Kier molecular flexibility index (Phi) is 7.83. The highest BCUT2D eigenvalue weighted by molar-refractivity contribution is 5.87. The lowest BCUT2D eigenvalue weighted by Crippen LogP contribution is -2.58. The van der Waals surface area contributed by atoms with Crippen LogP contribution in [0.1, 0.15) is 24.8 Å². The van der Waals surface area contributed by atoms with Gasteiger partial charge in [0.25, 0.3) is 0 Å². The number of benzene rings is 2. The van der Waals surface area contributed by atoms with Crippen molar-refractivity contribution in [2.45, 2.75) is 31.7 Å². The van der Waals surface area contributed by atoms with Crippen LogP contribution < -0.4 is 15.0 Å². The van der Waals surface area contributed by atoms with E-state index in [0.29, 0.717) is 24.6 Å². The molecule has 0 aromatic heterocycles. The number of anilines is 1. The topological polar surface area (TPSA) is 82.1 Å². The van der Waals surface area contributed by atoms with E-state index in [9.17, 15) is 9.59 Å². The van der Waals surface area contributed by atoms with Crippen molar-refractivity contribution in [2.24, 2.45) is 5.92 Å². The van der Waals surface area contributed by atoms with Gasteiger partial charge in [-0.25, -0.2) is 4.79 Å². The molecule has 176 valence electrons. The molecule has 7 nitrogen and oxygen atoms in total. The molecule has 2 fully saturated rings. The predicted octanol–water partition coefficient (Wildman–Crippen LogP) is 2.80. The van der Waals surface area contributed by atoms with E-state index >= 15 is 0 Å². The van der Waals surface area contributed by atoms with Gasteiger partial charge in [-0.1, -0.05) is 30.3 Å². The first-order valence-corrected chi connectivity index (χ1v) is 11.8. The van der Waals surface area contributed by atoms with Crippen LogP contribution in [0, 0.1) is 5.92 Å². The van der Waals surface area contributed by atoms with Gasteiger partial charge in [-0.2, -0.15) is 0 Å². The lowest BCUT2D eigenvalue weighted by Gasteiger charge is -2.42. The summed E-state index contributed by atoms with van der Waals surface area (Å²) in [4.78, 5) is 28.6. The third kappa shape index (κ3) is 6.26. The molecule has 1 amide bonds. The van der Waals surface area contributed by atoms with E-state index in [1.165, 1.54) is 12.8 Å². The van der Waals surface area contributed by atoms with E-state index < -0.39 is 5.97 Å². The van der Waals surface area contributed by atoms with Gasteiger partial charge in [-0.3, -0.25) is 4.79 Å². The highest BCUT2D eigenvalue weighted by atomic mass is 16.5. The van der Waals surface area contributed by atoms with Crippen molar-refractivity contribution >= 4 is 17.6 Å². The van der Waals surface area contributed by atoms with Crippen LogP contribution in [-0.4, -0.2) is 67.3 Å². The molecule has 2 aliphatic heterocycles. The van der Waals surface area contributed by atoms with Gasteiger partial charge in [0.2, 0.25) is 5.91 Å². The quantitative estimate of drug-likeness (QED) is 0.610. The predicted molar refractivity (Wildman–Crippen MR) is 128 cm³/mol. The Bertz CT molecular complexity index is 913. The normalized spacial score (nSPS) is 19.5. The van der Waals surface area contributed by atoms with Crippen molar-refractivity contribution in [1.82, 2.24) is 10.2 Å². The van der Waals surface area contributed by atoms with Crippen molar-refractivity contribution in [3.05, 3.63) is 60.2 Å². The molecule has 0 spiro atoms. The zero-order chi connectivity index (χ0) is 23.0. The maximum atomic E-state index is 13.6. The molecule has 7 heteroatoms. The zero-order valence-corrected chi connectivity index (χ0v) is 19.0. The minimum Gasteiger partial charge on any atom is -0.482 e. The monoisotopic (exact) mass is 451 g/mol. The number of hydrogen-bond donors (Lipinski definition) is 2. The molecule has 2 aliphatic rings. The van der Waals surface area contributed by atoms with Crippen LogP contribution in [0.4, 0.5) is 5.69 Å². The molecule has 33 heavy (non-hydrogen) atoms. The van der Waals surface area contributed by atoms with Gasteiger partial charge in [0.15, 0.2) is 6.61 Å². The number of piperazine rings is 1. The summed E-state index contributed by atoms with van der Waals surface area (Å²) in [5.74, 6) is 0.383. The number of nitrogens with one attached hydrogen (secondary N) is 1. The molecule has 2 heterocycles. The van der Waals surface area contributed by atoms with E-state index in [-0.39, 0.29) is 18.6 Å². The van der Waals surface area contributed by atoms with Gasteiger partial charge >= 0.3 is 5.97 Å². The smallest absolute Gasteiger partial charge is 0.341 e. The Hall–Kier alpha value is -3.06. The summed E-state index contributed by atoms with van der Waals surface area (Å²) in [6, 6.07) is 17.3. The largest absolute Gasteiger partial charge is 0.482 e. The fraction of sp³-hybridized carbons (Fsp3) is 0.462. The number of rotatable bonds is 9. The van der Waals surface area contributed by atoms with Crippen molar-refractivity contribution in [3.8, 4) is 5.75 Å². The number of piperidine rings is 1. The van der Waals surface area contributed by atoms with Crippen LogP contribution in [0.5, 0.6) is 5.75 Å². The molecule has 0 bridgehead atoms. The molecule has 2 N–H and O–H groups in total. The molecule has 0 saturated carbocycles. The van der Waals surface area contributed by atoms with Crippen molar-refractivity contribution in [3.63, 3.8) is 0 Å². The first-order valence-electron chi connectivity index (χ1n) is 11.8. The first-order chi connectivity index (χ1) is 16.1. The summed E-state index contributed by atoms with van der Waals surface area (Å²) in [5.41, 5.74) is 2.09. The third-order valence-electron chi connectivity index (χ3n) is 6.65. The molecule has 0 unspecified atom stereocenters. The van der Waals surface area contributed by atoms with Crippen molar-refractivity contribution < 1.29 is 19.4 Å². The van der Waals surface area contributed by atoms with Crippen LogP contribution in [-0.2, 0) is 16.0 Å². The van der Waals surface area contributed by atoms with E-state index in [4.69, 9.17) is 9.84 Å². The summed E-state index contributed by atoms with van der Waals surface area (Å²) in [7, 11) is 0. The van der Waals surface area contributed by atoms with Crippen molar-refractivity contribution in [2.75, 3.05) is 44.2 Å². The standard InChI is InChI=1S/C26H33N3O4/c30-25(31)19-33-23-8-6-22(7-9-23)29-17-16-28(15-12-20-10-13-27-14-11-20)26(32)24(29)18-21-4-2-1-3-5-21/h1-9,20,24,27H,10-19H2,(H,30,31)/t24-/m1/s1. The van der Waals surface area contributed by atoms with Crippen LogP contribution >= 0.6 is 0 Å². The number of carboxylic acid groups (broad SMARTS) is 1. The molecule has 2 saturated heterocycles. The number of aliphatic carboxylic acids is 1. The van der Waals surface area contributed by atoms with Crippen LogP contribution in [0.15, 0.2) is 54.6 Å². The van der Waals surface area contributed by atoms with Gasteiger partial charge in [0.05, 0.1) is 0 Å². The van der Waals surface area contributed by atoms with Crippen molar-refractivity contribution in [1.29, 1.82) is 0 Å². The molecular weight excluding hydrogens is 418 g/mol. The fourth-order valence-corrected chi connectivity index (χ4v) is 4.79. The number of carboxylic acids is 1. The van der Waals surface area contributed by atoms with Gasteiger partial charge in [0, 0.05) is 31.7 Å². The highest BCUT2D eigenvalue weighted by Gasteiger charge is 2.35. The van der Waals surface area contributed by atoms with Crippen LogP contribution in [0.2, 0.25) is 0 Å². The molecule has 4 rings (SSSR count). The second-order valence-electron chi connectivity index (χ2n) is 8.88. The zero-order valence-electron chi connectivity index (χ0n) is 19.0. The van der Waals surface area contributed by atoms with Crippen LogP contribution in [0.3, 0.4) is 0 Å². The number of amides is 1. The molecule has 0 aliphatic carbocycles. The second-order valence-corrected chi connectivity index (χ2v) is 8.88. The van der Waals surface area contributed by atoms with E-state index in [2.05, 4.69) is 27.2 Å². The number of nitrogens with zero attached hydrogens (tertiary/aromatic N) is 2. The van der Waals surface area contributed by atoms with Crippen LogP contribution in [0.25, 0.3) is 0 Å². The average Bonchev–Trinajstić information content (AvgIpc) is 2.85.